The van der Waals surface area contributed by atoms with Crippen molar-refractivity contribution in [2.24, 2.45) is 5.73 Å². The Labute approximate surface area is 118 Å². The van der Waals surface area contributed by atoms with Crippen LogP contribution in [0.25, 0.3) is 11.4 Å². The Morgan fingerprint density at radius 1 is 1.35 bits per heavy atom. The molecule has 1 atom stereocenters. The van der Waals surface area contributed by atoms with Crippen LogP contribution in [-0.2, 0) is 4.79 Å². The van der Waals surface area contributed by atoms with Crippen LogP contribution in [0.15, 0.2) is 24.3 Å². The van der Waals surface area contributed by atoms with Crippen molar-refractivity contribution >= 4 is 23.5 Å². The maximum atomic E-state index is 11.6. The molecule has 0 radical (unpaired) electrons. The third kappa shape index (κ3) is 3.09. The molecule has 3 N–H and O–H groups in total. The summed E-state index contributed by atoms with van der Waals surface area (Å²) in [6, 6.07) is 5.12. The first kappa shape index (κ1) is 13.9. The Bertz CT molecular complexity index is 639. The molecule has 2 aromatic rings. The summed E-state index contributed by atoms with van der Waals surface area (Å²) in [6.45, 7) is 1.52. The Morgan fingerprint density at radius 2 is 2.00 bits per heavy atom. The molecule has 0 aliphatic carbocycles. The highest BCUT2D eigenvalue weighted by Gasteiger charge is 2.19. The molecule has 8 nitrogen and oxygen atoms in total. The monoisotopic (exact) mass is 294 g/mol. The maximum Gasteiger partial charge on any atom is 0.318 e. The molecule has 1 aromatic carbocycles. The molecule has 1 aromatic heterocycles. The summed E-state index contributed by atoms with van der Waals surface area (Å²) in [4.78, 5) is 23.3. The number of amides is 3. The number of tetrazole rings is 1. The third-order valence-corrected chi connectivity index (χ3v) is 2.75. The first-order chi connectivity index (χ1) is 9.47. The molecule has 0 aliphatic heterocycles. The van der Waals surface area contributed by atoms with Crippen molar-refractivity contribution in [3.05, 3.63) is 29.3 Å². The summed E-state index contributed by atoms with van der Waals surface area (Å²) in [7, 11) is 0. The van der Waals surface area contributed by atoms with E-state index in [0.29, 0.717) is 16.4 Å². The second-order valence-corrected chi connectivity index (χ2v) is 4.41. The zero-order valence-corrected chi connectivity index (χ0v) is 11.2. The molecule has 1 heterocycles. The average Bonchev–Trinajstić information content (AvgIpc) is 2.87. The number of primary amides is 1. The quantitative estimate of drug-likeness (QED) is 0.866. The largest absolute Gasteiger partial charge is 0.351 e. The number of hydrogen-bond acceptors (Lipinski definition) is 5. The molecule has 3 amide bonds. The number of carbonyl (C=O) groups is 2. The Kier molecular flexibility index (Phi) is 3.94. The minimum atomic E-state index is -0.931. The third-order valence-electron chi connectivity index (χ3n) is 2.50. The summed E-state index contributed by atoms with van der Waals surface area (Å²) in [6.07, 6.45) is 0. The normalized spacial score (nSPS) is 11.9. The number of aromatic nitrogens is 4. The van der Waals surface area contributed by atoms with Crippen molar-refractivity contribution < 1.29 is 9.59 Å². The van der Waals surface area contributed by atoms with Gasteiger partial charge in [0.1, 0.15) is 6.04 Å². The number of nitrogens with zero attached hydrogens (tertiary/aromatic N) is 4. The zero-order valence-electron chi connectivity index (χ0n) is 10.4. The lowest BCUT2D eigenvalue weighted by molar-refractivity contribution is -0.123. The van der Waals surface area contributed by atoms with E-state index < -0.39 is 18.0 Å². The Morgan fingerprint density at radius 3 is 2.60 bits per heavy atom. The lowest BCUT2D eigenvalue weighted by Gasteiger charge is -2.07. The number of benzene rings is 1. The van der Waals surface area contributed by atoms with Gasteiger partial charge < -0.3 is 5.73 Å². The minimum absolute atomic E-state index is 0.348. The smallest absolute Gasteiger partial charge is 0.318 e. The van der Waals surface area contributed by atoms with E-state index in [0.717, 1.165) is 4.80 Å². The number of nitrogens with two attached hydrogens (primary N) is 1. The number of urea groups is 1. The van der Waals surface area contributed by atoms with Crippen LogP contribution in [0.5, 0.6) is 0 Å². The highest BCUT2D eigenvalue weighted by atomic mass is 35.5. The maximum absolute atomic E-state index is 11.6. The fourth-order valence-electron chi connectivity index (χ4n) is 1.43. The van der Waals surface area contributed by atoms with Gasteiger partial charge in [-0.05, 0) is 36.4 Å². The number of carbonyl (C=O) groups excluding carboxylic acids is 2. The molecule has 0 saturated heterocycles. The fraction of sp³-hybridized carbons (Fsp3) is 0.182. The summed E-state index contributed by atoms with van der Waals surface area (Å²) < 4.78 is 0. The second kappa shape index (κ2) is 5.66. The number of nitrogens with one attached hydrogen (secondary N) is 1. The molecule has 9 heteroatoms. The van der Waals surface area contributed by atoms with Crippen LogP contribution < -0.4 is 11.1 Å². The van der Waals surface area contributed by atoms with Gasteiger partial charge in [0.05, 0.1) is 0 Å². The van der Waals surface area contributed by atoms with Crippen molar-refractivity contribution in [2.45, 2.75) is 13.0 Å². The van der Waals surface area contributed by atoms with E-state index in [1.165, 1.54) is 6.92 Å². The minimum Gasteiger partial charge on any atom is -0.351 e. The standard InChI is InChI=1S/C11H11ClN6O2/c1-6(10(19)14-11(13)20)18-16-9(15-17-18)7-2-4-8(12)5-3-7/h2-6H,1H3,(H3,13,14,19,20)/t6-/m1/s1. The molecule has 0 bridgehead atoms. The van der Waals surface area contributed by atoms with Crippen LogP contribution in [-0.4, -0.2) is 32.1 Å². The van der Waals surface area contributed by atoms with E-state index in [-0.39, 0.29) is 0 Å². The van der Waals surface area contributed by atoms with Gasteiger partial charge in [-0.3, -0.25) is 10.1 Å². The fourth-order valence-corrected chi connectivity index (χ4v) is 1.56. The van der Waals surface area contributed by atoms with Gasteiger partial charge >= 0.3 is 6.03 Å². The second-order valence-electron chi connectivity index (χ2n) is 3.97. The first-order valence-electron chi connectivity index (χ1n) is 5.63. The van der Waals surface area contributed by atoms with Crippen LogP contribution in [0, 0.1) is 0 Å². The number of rotatable bonds is 3. The average molecular weight is 295 g/mol. The molecule has 0 fully saturated rings. The first-order valence-corrected chi connectivity index (χ1v) is 6.01. The molecule has 104 valence electrons. The SMILES string of the molecule is C[C@H](C(=O)NC(N)=O)n1nnc(-c2ccc(Cl)cc2)n1. The van der Waals surface area contributed by atoms with Crippen LogP contribution >= 0.6 is 11.6 Å². The highest BCUT2D eigenvalue weighted by Crippen LogP contribution is 2.17. The lowest BCUT2D eigenvalue weighted by atomic mass is 10.2. The van der Waals surface area contributed by atoms with E-state index in [9.17, 15) is 9.59 Å². The molecular formula is C11H11ClN6O2. The van der Waals surface area contributed by atoms with Gasteiger partial charge in [0.15, 0.2) is 0 Å². The number of halogens is 1. The summed E-state index contributed by atoms with van der Waals surface area (Å²) in [5.41, 5.74) is 5.58. The Hall–Kier alpha value is -2.48. The van der Waals surface area contributed by atoms with Gasteiger partial charge in [-0.1, -0.05) is 11.6 Å². The van der Waals surface area contributed by atoms with Crippen molar-refractivity contribution in [3.8, 4) is 11.4 Å². The molecular weight excluding hydrogens is 284 g/mol. The van der Waals surface area contributed by atoms with Crippen LogP contribution in [0.1, 0.15) is 13.0 Å². The van der Waals surface area contributed by atoms with Crippen molar-refractivity contribution in [2.75, 3.05) is 0 Å². The zero-order chi connectivity index (χ0) is 14.7. The molecule has 0 unspecified atom stereocenters. The van der Waals surface area contributed by atoms with E-state index in [2.05, 4.69) is 15.4 Å². The predicted octanol–water partition coefficient (Wildman–Crippen LogP) is 0.749. The summed E-state index contributed by atoms with van der Waals surface area (Å²) >= 11 is 5.79. The highest BCUT2D eigenvalue weighted by molar-refractivity contribution is 6.30. The van der Waals surface area contributed by atoms with E-state index >= 15 is 0 Å². The van der Waals surface area contributed by atoms with Gasteiger partial charge in [0.2, 0.25) is 5.82 Å². The van der Waals surface area contributed by atoms with Crippen molar-refractivity contribution in [1.29, 1.82) is 0 Å². The summed E-state index contributed by atoms with van der Waals surface area (Å²) in [5, 5.41) is 14.2. The van der Waals surface area contributed by atoms with E-state index in [1.807, 2.05) is 5.32 Å². The summed E-state index contributed by atoms with van der Waals surface area (Å²) in [5.74, 6) is -0.266. The lowest BCUT2D eigenvalue weighted by Crippen LogP contribution is -2.39. The molecule has 2 rings (SSSR count). The molecule has 0 saturated carbocycles. The van der Waals surface area contributed by atoms with Gasteiger partial charge in [0, 0.05) is 10.6 Å². The van der Waals surface area contributed by atoms with E-state index in [4.69, 9.17) is 17.3 Å². The number of hydrogen-bond donors (Lipinski definition) is 2. The van der Waals surface area contributed by atoms with Crippen molar-refractivity contribution in [1.82, 2.24) is 25.5 Å². The number of imide groups is 1. The molecule has 0 aliphatic rings. The Balaban J connectivity index is 2.18. The van der Waals surface area contributed by atoms with E-state index in [1.54, 1.807) is 24.3 Å². The van der Waals surface area contributed by atoms with Gasteiger partial charge in [-0.15, -0.1) is 10.2 Å². The topological polar surface area (TPSA) is 116 Å². The van der Waals surface area contributed by atoms with Gasteiger partial charge in [-0.25, -0.2) is 4.79 Å². The van der Waals surface area contributed by atoms with Gasteiger partial charge in [-0.2, -0.15) is 4.80 Å². The molecule has 20 heavy (non-hydrogen) atoms. The van der Waals surface area contributed by atoms with Crippen molar-refractivity contribution in [3.63, 3.8) is 0 Å². The predicted molar refractivity (Wildman–Crippen MR) is 70.7 cm³/mol. The van der Waals surface area contributed by atoms with Crippen LogP contribution in [0.3, 0.4) is 0 Å². The van der Waals surface area contributed by atoms with Crippen LogP contribution in [0.2, 0.25) is 5.02 Å². The van der Waals surface area contributed by atoms with Crippen LogP contribution in [0.4, 0.5) is 4.79 Å². The van der Waals surface area contributed by atoms with Gasteiger partial charge in [0.25, 0.3) is 5.91 Å². The molecule has 0 spiro atoms.